The van der Waals surface area contributed by atoms with Crippen LogP contribution in [-0.4, -0.2) is 30.6 Å². The molecule has 1 heterocycles. The van der Waals surface area contributed by atoms with E-state index < -0.39 is 0 Å². The summed E-state index contributed by atoms with van der Waals surface area (Å²) in [5.74, 6) is 1.41. The van der Waals surface area contributed by atoms with Crippen LogP contribution in [0.5, 0.6) is 0 Å². The van der Waals surface area contributed by atoms with Crippen LogP contribution in [0.15, 0.2) is 29.4 Å². The summed E-state index contributed by atoms with van der Waals surface area (Å²) in [5, 5.41) is 8.72. The van der Waals surface area contributed by atoms with Crippen molar-refractivity contribution in [1.82, 2.24) is 15.6 Å². The molecule has 0 saturated carbocycles. The highest BCUT2D eigenvalue weighted by Gasteiger charge is 2.09. The van der Waals surface area contributed by atoms with Crippen molar-refractivity contribution in [2.24, 2.45) is 10.9 Å². The molecule has 4 nitrogen and oxygen atoms in total. The minimum atomic E-state index is 0. The highest BCUT2D eigenvalue weighted by atomic mass is 127. The second kappa shape index (κ2) is 9.37. The number of hydrogen-bond acceptors (Lipinski definition) is 1. The van der Waals surface area contributed by atoms with Gasteiger partial charge in [0.05, 0.1) is 0 Å². The number of guanidine groups is 1. The van der Waals surface area contributed by atoms with Crippen molar-refractivity contribution in [3.8, 4) is 0 Å². The molecule has 0 bridgehead atoms. The van der Waals surface area contributed by atoms with E-state index in [0.717, 1.165) is 29.5 Å². The lowest BCUT2D eigenvalue weighted by Gasteiger charge is -2.20. The number of nitrogens with one attached hydrogen (secondary N) is 3. The van der Waals surface area contributed by atoms with Gasteiger partial charge in [0.1, 0.15) is 0 Å². The van der Waals surface area contributed by atoms with Crippen LogP contribution in [0.4, 0.5) is 0 Å². The van der Waals surface area contributed by atoms with Gasteiger partial charge in [0.2, 0.25) is 0 Å². The second-order valence-corrected chi connectivity index (χ2v) is 6.37. The number of aromatic amines is 1. The van der Waals surface area contributed by atoms with Gasteiger partial charge in [-0.1, -0.05) is 25.4 Å². The Morgan fingerprint density at radius 2 is 2.04 bits per heavy atom. The molecule has 0 aliphatic carbocycles. The molecule has 1 aromatic heterocycles. The third-order valence-electron chi connectivity index (χ3n) is 4.00. The predicted molar refractivity (Wildman–Crippen MR) is 111 cm³/mol. The minimum absolute atomic E-state index is 0. The van der Waals surface area contributed by atoms with Crippen LogP contribution in [0.1, 0.15) is 26.3 Å². The zero-order valence-electron chi connectivity index (χ0n) is 14.1. The summed E-state index contributed by atoms with van der Waals surface area (Å²) in [6.45, 7) is 7.38. The van der Waals surface area contributed by atoms with Crippen molar-refractivity contribution >= 4 is 52.4 Å². The lowest BCUT2D eigenvalue weighted by atomic mass is 10.1. The Balaban J connectivity index is 0.00000264. The zero-order valence-corrected chi connectivity index (χ0v) is 17.2. The van der Waals surface area contributed by atoms with Crippen LogP contribution in [0.2, 0.25) is 5.02 Å². The molecule has 0 spiro atoms. The molecule has 1 atom stereocenters. The first kappa shape index (κ1) is 20.1. The summed E-state index contributed by atoms with van der Waals surface area (Å²) in [4.78, 5) is 7.55. The Morgan fingerprint density at radius 3 is 2.70 bits per heavy atom. The molecule has 3 N–H and O–H groups in total. The van der Waals surface area contributed by atoms with Crippen LogP contribution >= 0.6 is 35.6 Å². The van der Waals surface area contributed by atoms with Crippen molar-refractivity contribution in [3.05, 3.63) is 35.0 Å². The Hall–Kier alpha value is -0.950. The number of halogens is 2. The van der Waals surface area contributed by atoms with E-state index >= 15 is 0 Å². The van der Waals surface area contributed by atoms with Gasteiger partial charge in [-0.3, -0.25) is 4.99 Å². The largest absolute Gasteiger partial charge is 0.361 e. The lowest BCUT2D eigenvalue weighted by molar-refractivity contribution is 0.481. The van der Waals surface area contributed by atoms with Crippen molar-refractivity contribution in [1.29, 1.82) is 0 Å². The van der Waals surface area contributed by atoms with Crippen molar-refractivity contribution in [2.75, 3.05) is 13.6 Å². The van der Waals surface area contributed by atoms with E-state index in [9.17, 15) is 0 Å². The van der Waals surface area contributed by atoms with Crippen LogP contribution in [0, 0.1) is 5.92 Å². The second-order valence-electron chi connectivity index (χ2n) is 5.93. The standard InChI is InChI=1S/C17H25ClN4.HI/c1-11(2)12(3)22-17(19-4)20-8-7-13-10-21-16-6-5-14(18)9-15(13)16;/h5-6,9-12,21H,7-8H2,1-4H3,(H2,19,20,22);1H. The molecule has 1 aromatic carbocycles. The molecule has 6 heteroatoms. The van der Waals surface area contributed by atoms with Gasteiger partial charge < -0.3 is 15.6 Å². The fourth-order valence-electron chi connectivity index (χ4n) is 2.25. The average Bonchev–Trinajstić information content (AvgIpc) is 2.88. The topological polar surface area (TPSA) is 52.2 Å². The van der Waals surface area contributed by atoms with Crippen molar-refractivity contribution in [3.63, 3.8) is 0 Å². The monoisotopic (exact) mass is 448 g/mol. The maximum absolute atomic E-state index is 6.08. The molecule has 0 fully saturated rings. The molecule has 0 amide bonds. The van der Waals surface area contributed by atoms with Gasteiger partial charge in [-0.25, -0.2) is 0 Å². The van der Waals surface area contributed by atoms with E-state index in [0.29, 0.717) is 12.0 Å². The van der Waals surface area contributed by atoms with E-state index in [1.54, 1.807) is 7.05 Å². The summed E-state index contributed by atoms with van der Waals surface area (Å²) in [5.41, 5.74) is 2.38. The number of aromatic nitrogens is 1. The van der Waals surface area contributed by atoms with Crippen LogP contribution in [-0.2, 0) is 6.42 Å². The van der Waals surface area contributed by atoms with E-state index in [1.807, 2.05) is 18.2 Å². The quantitative estimate of drug-likeness (QED) is 0.365. The maximum Gasteiger partial charge on any atom is 0.191 e. The third kappa shape index (κ3) is 5.57. The molecule has 2 rings (SSSR count). The summed E-state index contributed by atoms with van der Waals surface area (Å²) in [6, 6.07) is 6.32. The fraction of sp³-hybridized carbons (Fsp3) is 0.471. The normalized spacial score (nSPS) is 13.0. The minimum Gasteiger partial charge on any atom is -0.361 e. The van der Waals surface area contributed by atoms with Crippen molar-refractivity contribution in [2.45, 2.75) is 33.2 Å². The summed E-state index contributed by atoms with van der Waals surface area (Å²) in [6.07, 6.45) is 2.96. The Labute approximate surface area is 160 Å². The highest BCUT2D eigenvalue weighted by Crippen LogP contribution is 2.22. The molecular weight excluding hydrogens is 423 g/mol. The number of fused-ring (bicyclic) bond motifs is 1. The van der Waals surface area contributed by atoms with E-state index in [4.69, 9.17) is 11.6 Å². The first-order valence-corrected chi connectivity index (χ1v) is 8.11. The van der Waals surface area contributed by atoms with Gasteiger partial charge in [-0.15, -0.1) is 24.0 Å². The first-order chi connectivity index (χ1) is 10.5. The predicted octanol–water partition coefficient (Wildman–Crippen LogP) is 4.19. The van der Waals surface area contributed by atoms with E-state index in [-0.39, 0.29) is 24.0 Å². The number of H-pyrrole nitrogens is 1. The van der Waals surface area contributed by atoms with Gasteiger partial charge in [0, 0.05) is 41.8 Å². The number of nitrogens with zero attached hydrogens (tertiary/aromatic N) is 1. The van der Waals surface area contributed by atoms with Crippen LogP contribution < -0.4 is 10.6 Å². The summed E-state index contributed by atoms with van der Waals surface area (Å²) < 4.78 is 0. The smallest absolute Gasteiger partial charge is 0.191 e. The summed E-state index contributed by atoms with van der Waals surface area (Å²) in [7, 11) is 1.80. The number of rotatable bonds is 5. The van der Waals surface area contributed by atoms with E-state index in [1.165, 1.54) is 10.9 Å². The SMILES string of the molecule is CN=C(NCCc1c[nH]c2ccc(Cl)cc12)NC(C)C(C)C.I. The maximum atomic E-state index is 6.08. The van der Waals surface area contributed by atoms with Gasteiger partial charge in [0.15, 0.2) is 5.96 Å². The molecule has 128 valence electrons. The molecule has 2 aromatic rings. The third-order valence-corrected chi connectivity index (χ3v) is 4.24. The number of benzene rings is 1. The molecule has 0 radical (unpaired) electrons. The Morgan fingerprint density at radius 1 is 1.30 bits per heavy atom. The van der Waals surface area contributed by atoms with Gasteiger partial charge >= 0.3 is 0 Å². The molecule has 0 aliphatic heterocycles. The summed E-state index contributed by atoms with van der Waals surface area (Å²) >= 11 is 6.08. The Bertz CT molecular complexity index is 651. The lowest BCUT2D eigenvalue weighted by Crippen LogP contribution is -2.44. The zero-order chi connectivity index (χ0) is 16.1. The fourth-order valence-corrected chi connectivity index (χ4v) is 2.42. The molecule has 0 aliphatic rings. The molecule has 23 heavy (non-hydrogen) atoms. The number of hydrogen-bond donors (Lipinski definition) is 3. The molecule has 1 unspecified atom stereocenters. The average molecular weight is 449 g/mol. The molecular formula is C17H26ClIN4. The van der Waals surface area contributed by atoms with Gasteiger partial charge in [-0.05, 0) is 43.0 Å². The van der Waals surface area contributed by atoms with Gasteiger partial charge in [0.25, 0.3) is 0 Å². The molecule has 0 saturated heterocycles. The van der Waals surface area contributed by atoms with Gasteiger partial charge in [-0.2, -0.15) is 0 Å². The van der Waals surface area contributed by atoms with E-state index in [2.05, 4.69) is 47.6 Å². The first-order valence-electron chi connectivity index (χ1n) is 7.74. The highest BCUT2D eigenvalue weighted by molar-refractivity contribution is 14.0. The van der Waals surface area contributed by atoms with Crippen molar-refractivity contribution < 1.29 is 0 Å². The Kier molecular flexibility index (Phi) is 8.19. The number of aliphatic imine (C=N–C) groups is 1. The van der Waals surface area contributed by atoms with Crippen LogP contribution in [0.25, 0.3) is 10.9 Å². The van der Waals surface area contributed by atoms with Crippen LogP contribution in [0.3, 0.4) is 0 Å².